The van der Waals surface area contributed by atoms with Crippen molar-refractivity contribution in [2.24, 2.45) is 0 Å². The van der Waals surface area contributed by atoms with Gasteiger partial charge in [-0.1, -0.05) is 11.6 Å². The van der Waals surface area contributed by atoms with Crippen LogP contribution >= 0.6 is 23.2 Å². The number of rotatable bonds is 2. The highest BCUT2D eigenvalue weighted by atomic mass is 35.5. The zero-order valence-electron chi connectivity index (χ0n) is 8.11. The van der Waals surface area contributed by atoms with Gasteiger partial charge >= 0.3 is 0 Å². The van der Waals surface area contributed by atoms with E-state index in [0.717, 1.165) is 11.3 Å². The average Bonchev–Trinajstić information content (AvgIpc) is 2.74. The first-order chi connectivity index (χ1) is 7.22. The lowest BCUT2D eigenvalue weighted by molar-refractivity contribution is 0.965. The summed E-state index contributed by atoms with van der Waals surface area (Å²) >= 11 is 11.9. The molecule has 3 nitrogen and oxygen atoms in total. The summed E-state index contributed by atoms with van der Waals surface area (Å²) in [4.78, 5) is 8.34. The maximum atomic E-state index is 6.10. The van der Waals surface area contributed by atoms with Crippen LogP contribution in [-0.4, -0.2) is 14.5 Å². The highest BCUT2D eigenvalue weighted by molar-refractivity contribution is 6.32. The van der Waals surface area contributed by atoms with Crippen molar-refractivity contribution in [1.82, 2.24) is 14.5 Å². The molecule has 0 radical (unpaired) electrons. The SMILES string of the molecule is Cc1nc(-n2ccnc2)c(Cl)cc1CCl. The van der Waals surface area contributed by atoms with Crippen molar-refractivity contribution in [2.45, 2.75) is 12.8 Å². The Morgan fingerprint density at radius 1 is 1.47 bits per heavy atom. The molecular weight excluding hydrogens is 233 g/mol. The quantitative estimate of drug-likeness (QED) is 0.758. The highest BCUT2D eigenvalue weighted by Crippen LogP contribution is 2.22. The Hall–Kier alpha value is -1.06. The largest absolute Gasteiger partial charge is 0.289 e. The molecule has 0 saturated carbocycles. The van der Waals surface area contributed by atoms with Gasteiger partial charge in [0.2, 0.25) is 0 Å². The Morgan fingerprint density at radius 3 is 2.87 bits per heavy atom. The lowest BCUT2D eigenvalue weighted by Gasteiger charge is -2.08. The molecule has 0 amide bonds. The van der Waals surface area contributed by atoms with Crippen LogP contribution in [0.1, 0.15) is 11.3 Å². The summed E-state index contributed by atoms with van der Waals surface area (Å²) in [5, 5.41) is 0.578. The summed E-state index contributed by atoms with van der Waals surface area (Å²) in [5.41, 5.74) is 1.84. The molecule has 0 spiro atoms. The van der Waals surface area contributed by atoms with Crippen molar-refractivity contribution in [3.05, 3.63) is 41.1 Å². The molecule has 2 rings (SSSR count). The van der Waals surface area contributed by atoms with Gasteiger partial charge in [-0.05, 0) is 18.6 Å². The van der Waals surface area contributed by atoms with Crippen molar-refractivity contribution in [3.63, 3.8) is 0 Å². The number of aromatic nitrogens is 3. The Bertz CT molecular complexity index is 466. The van der Waals surface area contributed by atoms with E-state index in [-0.39, 0.29) is 0 Å². The van der Waals surface area contributed by atoms with Crippen molar-refractivity contribution in [1.29, 1.82) is 0 Å². The molecule has 0 aliphatic rings. The first-order valence-electron chi connectivity index (χ1n) is 4.42. The molecule has 2 aromatic heterocycles. The van der Waals surface area contributed by atoms with Crippen LogP contribution in [0.3, 0.4) is 0 Å². The van der Waals surface area contributed by atoms with Gasteiger partial charge in [0.15, 0.2) is 5.82 Å². The maximum absolute atomic E-state index is 6.10. The number of nitrogens with zero attached hydrogens (tertiary/aromatic N) is 3. The molecule has 5 heteroatoms. The van der Waals surface area contributed by atoms with Crippen molar-refractivity contribution < 1.29 is 0 Å². The monoisotopic (exact) mass is 241 g/mol. The van der Waals surface area contributed by atoms with Gasteiger partial charge in [-0.25, -0.2) is 9.97 Å². The molecule has 0 atom stereocenters. The average molecular weight is 242 g/mol. The molecule has 0 bridgehead atoms. The number of aryl methyl sites for hydroxylation is 1. The van der Waals surface area contributed by atoms with E-state index < -0.39 is 0 Å². The van der Waals surface area contributed by atoms with E-state index in [0.29, 0.717) is 16.7 Å². The van der Waals surface area contributed by atoms with Crippen LogP contribution in [0.2, 0.25) is 5.02 Å². The van der Waals surface area contributed by atoms with Crippen LogP contribution in [0, 0.1) is 6.92 Å². The number of hydrogen-bond acceptors (Lipinski definition) is 2. The van der Waals surface area contributed by atoms with Crippen LogP contribution < -0.4 is 0 Å². The molecular formula is C10H9Cl2N3. The molecule has 78 valence electrons. The molecule has 15 heavy (non-hydrogen) atoms. The third-order valence-electron chi connectivity index (χ3n) is 2.15. The summed E-state index contributed by atoms with van der Waals surface area (Å²) in [6.45, 7) is 1.91. The summed E-state index contributed by atoms with van der Waals surface area (Å²) in [7, 11) is 0. The molecule has 0 N–H and O–H groups in total. The highest BCUT2D eigenvalue weighted by Gasteiger charge is 2.08. The van der Waals surface area contributed by atoms with E-state index in [1.54, 1.807) is 23.3 Å². The van der Waals surface area contributed by atoms with Gasteiger partial charge < -0.3 is 0 Å². The predicted molar refractivity (Wildman–Crippen MR) is 60.7 cm³/mol. The van der Waals surface area contributed by atoms with Gasteiger partial charge in [-0.2, -0.15) is 0 Å². The lowest BCUT2D eigenvalue weighted by Crippen LogP contribution is -2.00. The summed E-state index contributed by atoms with van der Waals surface area (Å²) in [5.74, 6) is 1.10. The topological polar surface area (TPSA) is 30.7 Å². The minimum absolute atomic E-state index is 0.419. The second kappa shape index (κ2) is 4.21. The molecule has 0 saturated heterocycles. The number of halogens is 2. The minimum atomic E-state index is 0.419. The van der Waals surface area contributed by atoms with E-state index in [2.05, 4.69) is 9.97 Å². The summed E-state index contributed by atoms with van der Waals surface area (Å²) in [6, 6.07) is 1.84. The van der Waals surface area contributed by atoms with Gasteiger partial charge in [0, 0.05) is 24.0 Å². The fourth-order valence-electron chi connectivity index (χ4n) is 1.31. The van der Waals surface area contributed by atoms with Crippen molar-refractivity contribution >= 4 is 23.2 Å². The number of imidazole rings is 1. The molecule has 2 heterocycles. The molecule has 0 fully saturated rings. The maximum Gasteiger partial charge on any atom is 0.156 e. The van der Waals surface area contributed by atoms with E-state index in [1.807, 2.05) is 13.0 Å². The van der Waals surface area contributed by atoms with E-state index >= 15 is 0 Å². The van der Waals surface area contributed by atoms with Crippen LogP contribution in [0.5, 0.6) is 0 Å². The first kappa shape index (κ1) is 10.5. The normalized spacial score (nSPS) is 10.6. The third kappa shape index (κ3) is 1.98. The van der Waals surface area contributed by atoms with Crippen molar-refractivity contribution in [2.75, 3.05) is 0 Å². The Balaban J connectivity index is 2.55. The van der Waals surface area contributed by atoms with Crippen LogP contribution in [0.25, 0.3) is 5.82 Å². The smallest absolute Gasteiger partial charge is 0.156 e. The Labute approximate surface area is 97.7 Å². The molecule has 0 aliphatic heterocycles. The van der Waals surface area contributed by atoms with Crippen LogP contribution in [0.15, 0.2) is 24.8 Å². The molecule has 0 aliphatic carbocycles. The zero-order valence-corrected chi connectivity index (χ0v) is 9.63. The fourth-order valence-corrected chi connectivity index (χ4v) is 1.85. The van der Waals surface area contributed by atoms with Gasteiger partial charge in [-0.15, -0.1) is 11.6 Å². The fraction of sp³-hybridized carbons (Fsp3) is 0.200. The van der Waals surface area contributed by atoms with E-state index in [4.69, 9.17) is 23.2 Å². The molecule has 0 aromatic carbocycles. The second-order valence-electron chi connectivity index (χ2n) is 3.14. The van der Waals surface area contributed by atoms with Gasteiger partial charge in [0.25, 0.3) is 0 Å². The van der Waals surface area contributed by atoms with E-state index in [1.165, 1.54) is 0 Å². The molecule has 2 aromatic rings. The van der Waals surface area contributed by atoms with Gasteiger partial charge in [0.1, 0.15) is 6.33 Å². The van der Waals surface area contributed by atoms with Crippen LogP contribution in [-0.2, 0) is 5.88 Å². The third-order valence-corrected chi connectivity index (χ3v) is 2.71. The lowest BCUT2D eigenvalue weighted by atomic mass is 10.2. The standard InChI is InChI=1S/C10H9Cl2N3/c1-7-8(5-11)4-9(12)10(14-7)15-3-2-13-6-15/h2-4,6H,5H2,1H3. The number of hydrogen-bond donors (Lipinski definition) is 0. The van der Waals surface area contributed by atoms with Crippen molar-refractivity contribution in [3.8, 4) is 5.82 Å². The minimum Gasteiger partial charge on any atom is -0.289 e. The molecule has 0 unspecified atom stereocenters. The van der Waals surface area contributed by atoms with Crippen LogP contribution in [0.4, 0.5) is 0 Å². The summed E-state index contributed by atoms with van der Waals surface area (Å²) in [6.07, 6.45) is 5.14. The van der Waals surface area contributed by atoms with Gasteiger partial charge in [-0.3, -0.25) is 4.57 Å². The number of pyridine rings is 1. The number of alkyl halides is 1. The van der Waals surface area contributed by atoms with E-state index in [9.17, 15) is 0 Å². The Kier molecular flexibility index (Phi) is 2.93. The zero-order chi connectivity index (χ0) is 10.8. The second-order valence-corrected chi connectivity index (χ2v) is 3.82. The first-order valence-corrected chi connectivity index (χ1v) is 5.34. The Morgan fingerprint density at radius 2 is 2.27 bits per heavy atom. The summed E-state index contributed by atoms with van der Waals surface area (Å²) < 4.78 is 1.77. The predicted octanol–water partition coefficient (Wildman–Crippen LogP) is 2.97. The van der Waals surface area contributed by atoms with Gasteiger partial charge in [0.05, 0.1) is 5.02 Å².